The first-order chi connectivity index (χ1) is 9.08. The van der Waals surface area contributed by atoms with Crippen LogP contribution in [0.3, 0.4) is 0 Å². The van der Waals surface area contributed by atoms with Crippen LogP contribution in [-0.4, -0.2) is 32.5 Å². The zero-order valence-electron chi connectivity index (χ0n) is 11.3. The van der Waals surface area contributed by atoms with Crippen molar-refractivity contribution in [2.24, 2.45) is 13.0 Å². The second-order valence-corrected chi connectivity index (χ2v) is 6.04. The van der Waals surface area contributed by atoms with E-state index in [1.165, 1.54) is 35.6 Å². The van der Waals surface area contributed by atoms with Crippen LogP contribution in [0.2, 0.25) is 0 Å². The maximum Gasteiger partial charge on any atom is 0.343 e. The minimum atomic E-state index is -0.260. The Bertz CT molecular complexity index is 496. The van der Waals surface area contributed by atoms with Gasteiger partial charge in [0.1, 0.15) is 0 Å². The Morgan fingerprint density at radius 2 is 2.26 bits per heavy atom. The van der Waals surface area contributed by atoms with Gasteiger partial charge >= 0.3 is 5.69 Å². The summed E-state index contributed by atoms with van der Waals surface area (Å²) >= 11 is 1.27. The van der Waals surface area contributed by atoms with Gasteiger partial charge in [0.05, 0.1) is 5.75 Å². The summed E-state index contributed by atoms with van der Waals surface area (Å²) in [5.41, 5.74) is -0.260. The van der Waals surface area contributed by atoms with Crippen LogP contribution >= 0.6 is 11.8 Å². The van der Waals surface area contributed by atoms with Gasteiger partial charge in [-0.3, -0.25) is 9.36 Å². The van der Waals surface area contributed by atoms with Crippen LogP contribution in [0.25, 0.3) is 0 Å². The molecule has 0 aromatic carbocycles. The number of carbonyl (C=O) groups is 1. The number of carbonyl (C=O) groups excluding carboxylic acids is 1. The molecule has 1 amide bonds. The second kappa shape index (κ2) is 6.27. The fraction of sp³-hybridized carbons (Fsp3) is 0.750. The van der Waals surface area contributed by atoms with Crippen LogP contribution in [0.1, 0.15) is 32.6 Å². The number of amides is 1. The van der Waals surface area contributed by atoms with Gasteiger partial charge in [0.2, 0.25) is 5.91 Å². The van der Waals surface area contributed by atoms with Crippen LogP contribution < -0.4 is 11.0 Å². The zero-order valence-corrected chi connectivity index (χ0v) is 12.1. The number of hydrogen-bond acceptors (Lipinski definition) is 4. The smallest absolute Gasteiger partial charge is 0.343 e. The van der Waals surface area contributed by atoms with Gasteiger partial charge in [-0.1, -0.05) is 31.5 Å². The minimum absolute atomic E-state index is 0.0131. The Balaban J connectivity index is 1.81. The maximum absolute atomic E-state index is 11.9. The van der Waals surface area contributed by atoms with Gasteiger partial charge in [0.25, 0.3) is 0 Å². The lowest BCUT2D eigenvalue weighted by atomic mass is 9.86. The molecule has 2 rings (SSSR count). The molecular formula is C12H20N4O2S. The van der Waals surface area contributed by atoms with E-state index in [4.69, 9.17) is 0 Å². The number of aromatic nitrogens is 3. The molecule has 1 aromatic heterocycles. The molecule has 1 aromatic rings. The molecule has 1 saturated carbocycles. The molecular weight excluding hydrogens is 264 g/mol. The normalized spacial score (nSPS) is 23.3. The van der Waals surface area contributed by atoms with Crippen molar-refractivity contribution in [2.45, 2.75) is 43.8 Å². The number of thioether (sulfide) groups is 1. The molecule has 7 heteroatoms. The molecule has 0 radical (unpaired) electrons. The van der Waals surface area contributed by atoms with Crippen LogP contribution in [0.5, 0.6) is 0 Å². The summed E-state index contributed by atoms with van der Waals surface area (Å²) in [6.45, 7) is 2.19. The molecule has 19 heavy (non-hydrogen) atoms. The summed E-state index contributed by atoms with van der Waals surface area (Å²) in [7, 11) is 1.63. The van der Waals surface area contributed by atoms with Gasteiger partial charge in [-0.15, -0.1) is 5.10 Å². The highest BCUT2D eigenvalue weighted by molar-refractivity contribution is 7.99. The Hall–Kier alpha value is -1.24. The first-order valence-electron chi connectivity index (χ1n) is 6.61. The quantitative estimate of drug-likeness (QED) is 0.805. The molecule has 0 bridgehead atoms. The summed E-state index contributed by atoms with van der Waals surface area (Å²) < 4.78 is 1.40. The summed E-state index contributed by atoms with van der Waals surface area (Å²) in [5, 5.41) is 9.83. The predicted octanol–water partition coefficient (Wildman–Crippen LogP) is 0.895. The molecule has 0 spiro atoms. The predicted molar refractivity (Wildman–Crippen MR) is 74.1 cm³/mol. The average molecular weight is 284 g/mol. The summed E-state index contributed by atoms with van der Waals surface area (Å²) in [5.74, 6) is 0.859. The van der Waals surface area contributed by atoms with Crippen LogP contribution in [-0.2, 0) is 11.8 Å². The van der Waals surface area contributed by atoms with Crippen LogP contribution in [0.4, 0.5) is 0 Å². The molecule has 0 aliphatic heterocycles. The third kappa shape index (κ3) is 3.62. The Kier molecular flexibility index (Phi) is 4.68. The van der Waals surface area contributed by atoms with Gasteiger partial charge < -0.3 is 5.32 Å². The van der Waals surface area contributed by atoms with Crippen molar-refractivity contribution in [3.05, 3.63) is 10.5 Å². The van der Waals surface area contributed by atoms with Crippen molar-refractivity contribution < 1.29 is 4.79 Å². The number of nitrogens with zero attached hydrogens (tertiary/aromatic N) is 2. The molecule has 2 atom stereocenters. The van der Waals surface area contributed by atoms with Crippen molar-refractivity contribution in [1.82, 2.24) is 20.1 Å². The fourth-order valence-electron chi connectivity index (χ4n) is 2.37. The van der Waals surface area contributed by atoms with E-state index in [0.717, 1.165) is 6.42 Å². The lowest BCUT2D eigenvalue weighted by Crippen LogP contribution is -2.41. The van der Waals surface area contributed by atoms with Crippen molar-refractivity contribution in [3.63, 3.8) is 0 Å². The van der Waals surface area contributed by atoms with Crippen molar-refractivity contribution >= 4 is 17.7 Å². The van der Waals surface area contributed by atoms with E-state index in [1.54, 1.807) is 7.05 Å². The molecule has 2 N–H and O–H groups in total. The van der Waals surface area contributed by atoms with E-state index < -0.39 is 0 Å². The zero-order chi connectivity index (χ0) is 13.8. The van der Waals surface area contributed by atoms with E-state index >= 15 is 0 Å². The van der Waals surface area contributed by atoms with E-state index in [9.17, 15) is 9.59 Å². The highest BCUT2D eigenvalue weighted by Crippen LogP contribution is 2.23. The summed E-state index contributed by atoms with van der Waals surface area (Å²) in [6.07, 6.45) is 4.71. The SMILES string of the molecule is C[C@H]1CCCC[C@@H]1NC(=O)CSc1n[nH]c(=O)n1C. The van der Waals surface area contributed by atoms with Crippen LogP contribution in [0.15, 0.2) is 9.95 Å². The first-order valence-corrected chi connectivity index (χ1v) is 7.60. The van der Waals surface area contributed by atoms with Gasteiger partial charge in [0, 0.05) is 13.1 Å². The van der Waals surface area contributed by atoms with E-state index in [-0.39, 0.29) is 11.6 Å². The minimum Gasteiger partial charge on any atom is -0.352 e. The Morgan fingerprint density at radius 3 is 2.89 bits per heavy atom. The third-order valence-electron chi connectivity index (χ3n) is 3.63. The van der Waals surface area contributed by atoms with E-state index in [0.29, 0.717) is 22.9 Å². The molecule has 6 nitrogen and oxygen atoms in total. The molecule has 1 aliphatic rings. The fourth-order valence-corrected chi connectivity index (χ4v) is 3.10. The molecule has 0 saturated heterocycles. The first kappa shape index (κ1) is 14.2. The monoisotopic (exact) mass is 284 g/mol. The summed E-state index contributed by atoms with van der Waals surface area (Å²) in [6, 6.07) is 0.296. The van der Waals surface area contributed by atoms with Gasteiger partial charge in [0.15, 0.2) is 5.16 Å². The second-order valence-electron chi connectivity index (χ2n) is 5.09. The topological polar surface area (TPSA) is 79.8 Å². The number of aromatic amines is 1. The highest BCUT2D eigenvalue weighted by Gasteiger charge is 2.22. The number of nitrogens with one attached hydrogen (secondary N) is 2. The molecule has 1 fully saturated rings. The maximum atomic E-state index is 11.9. The molecule has 1 heterocycles. The van der Waals surface area contributed by atoms with Gasteiger partial charge in [-0.2, -0.15) is 0 Å². The van der Waals surface area contributed by atoms with Gasteiger partial charge in [-0.05, 0) is 18.8 Å². The third-order valence-corrected chi connectivity index (χ3v) is 4.66. The van der Waals surface area contributed by atoms with E-state index in [2.05, 4.69) is 22.4 Å². The highest BCUT2D eigenvalue weighted by atomic mass is 32.2. The van der Waals surface area contributed by atoms with Crippen molar-refractivity contribution in [2.75, 3.05) is 5.75 Å². The lowest BCUT2D eigenvalue weighted by Gasteiger charge is -2.29. The standard InChI is InChI=1S/C12H20N4O2S/c1-8-5-3-4-6-9(8)13-10(17)7-19-12-15-14-11(18)16(12)2/h8-9H,3-7H2,1-2H3,(H,13,17)(H,14,18)/t8-,9-/m0/s1. The lowest BCUT2D eigenvalue weighted by molar-refractivity contribution is -0.119. The number of H-pyrrole nitrogens is 1. The van der Waals surface area contributed by atoms with Crippen molar-refractivity contribution in [1.29, 1.82) is 0 Å². The van der Waals surface area contributed by atoms with Gasteiger partial charge in [-0.25, -0.2) is 9.89 Å². The van der Waals surface area contributed by atoms with E-state index in [1.807, 2.05) is 0 Å². The number of hydrogen-bond donors (Lipinski definition) is 2. The Labute approximate surface area is 116 Å². The van der Waals surface area contributed by atoms with Crippen molar-refractivity contribution in [3.8, 4) is 0 Å². The molecule has 0 unspecified atom stereocenters. The average Bonchev–Trinajstić information content (AvgIpc) is 2.70. The summed E-state index contributed by atoms with van der Waals surface area (Å²) in [4.78, 5) is 23.1. The molecule has 1 aliphatic carbocycles. The number of rotatable bonds is 4. The largest absolute Gasteiger partial charge is 0.352 e. The Morgan fingerprint density at radius 1 is 1.53 bits per heavy atom. The molecule has 106 valence electrons. The van der Waals surface area contributed by atoms with Crippen LogP contribution in [0, 0.1) is 5.92 Å².